The second kappa shape index (κ2) is 9.92. The molecule has 1 fully saturated rings. The van der Waals surface area contributed by atoms with E-state index in [1.807, 2.05) is 48.8 Å². The highest BCUT2D eigenvalue weighted by Crippen LogP contribution is 2.42. The largest absolute Gasteiger partial charge is 0.497 e. The molecule has 2 aromatic heterocycles. The summed E-state index contributed by atoms with van der Waals surface area (Å²) in [5, 5.41) is 4.43. The van der Waals surface area contributed by atoms with Gasteiger partial charge in [-0.15, -0.1) is 0 Å². The minimum Gasteiger partial charge on any atom is -0.497 e. The number of hydrogen-bond acceptors (Lipinski definition) is 5. The average Bonchev–Trinajstić information content (AvgIpc) is 3.32. The number of pyridine rings is 1. The van der Waals surface area contributed by atoms with E-state index < -0.39 is 0 Å². The fraction of sp³-hybridized carbons (Fsp3) is 0.310. The van der Waals surface area contributed by atoms with Crippen LogP contribution in [-0.4, -0.2) is 43.2 Å². The quantitative estimate of drug-likeness (QED) is 0.349. The predicted octanol–water partition coefficient (Wildman–Crippen LogP) is 5.80. The summed E-state index contributed by atoms with van der Waals surface area (Å²) in [5.41, 5.74) is 6.63. The van der Waals surface area contributed by atoms with Crippen molar-refractivity contribution in [1.82, 2.24) is 15.3 Å². The van der Waals surface area contributed by atoms with Crippen LogP contribution in [0.5, 0.6) is 5.75 Å². The summed E-state index contributed by atoms with van der Waals surface area (Å²) in [7, 11) is 3.09. The molecule has 6 nitrogen and oxygen atoms in total. The van der Waals surface area contributed by atoms with Crippen molar-refractivity contribution < 1.29 is 14.3 Å². The Kier molecular flexibility index (Phi) is 6.55. The topological polar surface area (TPSA) is 76.2 Å². The van der Waals surface area contributed by atoms with Crippen LogP contribution in [0.15, 0.2) is 60.9 Å². The number of carbonyl (C=O) groups is 1. The maximum atomic E-state index is 12.8. The van der Waals surface area contributed by atoms with Gasteiger partial charge in [0.15, 0.2) is 0 Å². The normalized spacial score (nSPS) is 16.7. The van der Waals surface area contributed by atoms with Gasteiger partial charge in [0, 0.05) is 51.6 Å². The summed E-state index contributed by atoms with van der Waals surface area (Å²) in [6.07, 6.45) is 6.10. The number of rotatable bonds is 6. The Morgan fingerprint density at radius 1 is 1.06 bits per heavy atom. The van der Waals surface area contributed by atoms with Crippen molar-refractivity contribution >= 4 is 16.9 Å². The van der Waals surface area contributed by atoms with Crippen molar-refractivity contribution in [2.24, 2.45) is 5.92 Å². The van der Waals surface area contributed by atoms with E-state index in [1.54, 1.807) is 7.11 Å². The second-order valence-corrected chi connectivity index (χ2v) is 9.22. The van der Waals surface area contributed by atoms with E-state index in [-0.39, 0.29) is 11.9 Å². The Labute approximate surface area is 205 Å². The van der Waals surface area contributed by atoms with Gasteiger partial charge in [-0.05, 0) is 67.7 Å². The Hall–Kier alpha value is -3.64. The van der Waals surface area contributed by atoms with Crippen LogP contribution in [0.4, 0.5) is 0 Å². The Bertz CT molecular complexity index is 1350. The first kappa shape index (κ1) is 23.1. The van der Waals surface area contributed by atoms with Crippen LogP contribution < -0.4 is 10.1 Å². The summed E-state index contributed by atoms with van der Waals surface area (Å²) >= 11 is 0. The molecule has 6 heteroatoms. The zero-order valence-corrected chi connectivity index (χ0v) is 20.4. The zero-order chi connectivity index (χ0) is 24.4. The van der Waals surface area contributed by atoms with E-state index in [9.17, 15) is 4.79 Å². The second-order valence-electron chi connectivity index (χ2n) is 9.22. The highest BCUT2D eigenvalue weighted by atomic mass is 16.5. The van der Waals surface area contributed by atoms with Crippen LogP contribution in [0.1, 0.15) is 41.7 Å². The minimum absolute atomic E-state index is 0.274. The van der Waals surface area contributed by atoms with Crippen molar-refractivity contribution in [3.63, 3.8) is 0 Å². The van der Waals surface area contributed by atoms with Gasteiger partial charge in [-0.25, -0.2) is 4.79 Å². The molecule has 2 atom stereocenters. The number of nitrogens with one attached hydrogen (secondary N) is 2. The molecule has 0 amide bonds. The number of benzene rings is 2. The number of aromatic amines is 1. The van der Waals surface area contributed by atoms with Crippen molar-refractivity contribution in [2.75, 3.05) is 27.3 Å². The number of piperidine rings is 1. The Morgan fingerprint density at radius 3 is 2.66 bits per heavy atom. The number of methoxy groups -OCH3 is 2. The van der Waals surface area contributed by atoms with Crippen LogP contribution in [-0.2, 0) is 4.74 Å². The summed E-state index contributed by atoms with van der Waals surface area (Å²) in [6.45, 7) is 4.34. The first-order valence-corrected chi connectivity index (χ1v) is 12.1. The van der Waals surface area contributed by atoms with Crippen LogP contribution >= 0.6 is 0 Å². The third kappa shape index (κ3) is 4.42. The van der Waals surface area contributed by atoms with Crippen LogP contribution in [0.3, 0.4) is 0 Å². The zero-order valence-electron chi connectivity index (χ0n) is 20.4. The van der Waals surface area contributed by atoms with Gasteiger partial charge in [-0.2, -0.15) is 0 Å². The van der Waals surface area contributed by atoms with E-state index in [1.165, 1.54) is 20.0 Å². The van der Waals surface area contributed by atoms with Gasteiger partial charge in [0.2, 0.25) is 0 Å². The number of esters is 1. The number of carbonyl (C=O) groups excluding carboxylic acids is 1. The van der Waals surface area contributed by atoms with Gasteiger partial charge in [0.25, 0.3) is 0 Å². The third-order valence-electron chi connectivity index (χ3n) is 7.19. The SMILES string of the molecule is COC(=O)c1cccc2[nH]c(C(C)C3CCCNC3)c(-c3cncc(-c4cccc(OC)c4)c3)c12. The van der Waals surface area contributed by atoms with Gasteiger partial charge in [-0.3, -0.25) is 4.98 Å². The van der Waals surface area contributed by atoms with Gasteiger partial charge in [0.05, 0.1) is 19.8 Å². The average molecular weight is 470 g/mol. The molecule has 0 saturated carbocycles. The molecule has 0 bridgehead atoms. The fourth-order valence-corrected chi connectivity index (χ4v) is 5.27. The van der Waals surface area contributed by atoms with E-state index >= 15 is 0 Å². The Morgan fingerprint density at radius 2 is 1.89 bits per heavy atom. The van der Waals surface area contributed by atoms with Crippen molar-refractivity contribution in [1.29, 1.82) is 0 Å². The molecule has 3 heterocycles. The van der Waals surface area contributed by atoms with Crippen molar-refractivity contribution in [2.45, 2.75) is 25.7 Å². The molecule has 2 unspecified atom stereocenters. The van der Waals surface area contributed by atoms with E-state index in [0.29, 0.717) is 11.5 Å². The fourth-order valence-electron chi connectivity index (χ4n) is 5.27. The maximum Gasteiger partial charge on any atom is 0.338 e. The van der Waals surface area contributed by atoms with Crippen LogP contribution in [0, 0.1) is 5.92 Å². The number of H-pyrrole nitrogens is 1. The van der Waals surface area contributed by atoms with E-state index in [2.05, 4.69) is 34.3 Å². The molecular formula is C29H31N3O3. The van der Waals surface area contributed by atoms with Gasteiger partial charge < -0.3 is 19.8 Å². The lowest BCUT2D eigenvalue weighted by Gasteiger charge is -2.28. The third-order valence-corrected chi connectivity index (χ3v) is 7.19. The molecule has 4 aromatic rings. The standard InChI is InChI=1S/C29H31N3O3/c1-18(20-8-6-12-30-15-20)28-26(27-24(29(33)35-3)10-5-11-25(27)32-28)22-13-21(16-31-17-22)19-7-4-9-23(14-19)34-2/h4-5,7,9-11,13-14,16-18,20,30,32H,6,8,12,15H2,1-3H3. The lowest BCUT2D eigenvalue weighted by Crippen LogP contribution is -2.32. The monoisotopic (exact) mass is 469 g/mol. The predicted molar refractivity (Wildman–Crippen MR) is 139 cm³/mol. The summed E-state index contributed by atoms with van der Waals surface area (Å²) in [6, 6.07) is 15.9. The summed E-state index contributed by atoms with van der Waals surface area (Å²) in [4.78, 5) is 21.1. The Balaban J connectivity index is 1.71. The lowest BCUT2D eigenvalue weighted by atomic mass is 9.82. The van der Waals surface area contributed by atoms with Gasteiger partial charge in [-0.1, -0.05) is 25.1 Å². The number of ether oxygens (including phenoxy) is 2. The van der Waals surface area contributed by atoms with Gasteiger partial charge in [0.1, 0.15) is 5.75 Å². The number of fused-ring (bicyclic) bond motifs is 1. The summed E-state index contributed by atoms with van der Waals surface area (Å²) in [5.74, 6) is 1.24. The molecule has 180 valence electrons. The molecule has 0 radical (unpaired) electrons. The molecule has 1 aliphatic rings. The molecule has 2 N–H and O–H groups in total. The molecule has 1 saturated heterocycles. The van der Waals surface area contributed by atoms with Crippen molar-refractivity contribution in [3.8, 4) is 28.0 Å². The molecule has 35 heavy (non-hydrogen) atoms. The lowest BCUT2D eigenvalue weighted by molar-refractivity contribution is 0.0603. The molecule has 5 rings (SSSR count). The number of hydrogen-bond donors (Lipinski definition) is 2. The van der Waals surface area contributed by atoms with Crippen LogP contribution in [0.2, 0.25) is 0 Å². The highest BCUT2D eigenvalue weighted by Gasteiger charge is 2.28. The van der Waals surface area contributed by atoms with E-state index in [4.69, 9.17) is 9.47 Å². The highest BCUT2D eigenvalue weighted by molar-refractivity contribution is 6.11. The number of aromatic nitrogens is 2. The minimum atomic E-state index is -0.341. The van der Waals surface area contributed by atoms with E-state index in [0.717, 1.165) is 57.7 Å². The number of nitrogens with zero attached hydrogens (tertiary/aromatic N) is 1. The summed E-state index contributed by atoms with van der Waals surface area (Å²) < 4.78 is 10.6. The first-order chi connectivity index (χ1) is 17.1. The molecule has 0 spiro atoms. The van der Waals surface area contributed by atoms with Crippen LogP contribution in [0.25, 0.3) is 33.2 Å². The van der Waals surface area contributed by atoms with Crippen molar-refractivity contribution in [3.05, 3.63) is 72.2 Å². The molecule has 1 aliphatic heterocycles. The smallest absolute Gasteiger partial charge is 0.338 e. The first-order valence-electron chi connectivity index (χ1n) is 12.1. The molecule has 2 aromatic carbocycles. The molecular weight excluding hydrogens is 438 g/mol. The van der Waals surface area contributed by atoms with Gasteiger partial charge >= 0.3 is 5.97 Å². The molecule has 0 aliphatic carbocycles. The maximum absolute atomic E-state index is 12.8.